The first-order chi connectivity index (χ1) is 9.13. The predicted molar refractivity (Wildman–Crippen MR) is 67.0 cm³/mol. The molecule has 7 nitrogen and oxygen atoms in total. The molecule has 4 N–H and O–H groups in total. The van der Waals surface area contributed by atoms with Crippen molar-refractivity contribution in [1.29, 1.82) is 0 Å². The molecule has 2 aromatic heterocycles. The summed E-state index contributed by atoms with van der Waals surface area (Å²) in [4.78, 5) is 18.7. The van der Waals surface area contributed by atoms with Crippen molar-refractivity contribution in [2.75, 3.05) is 6.61 Å². The van der Waals surface area contributed by atoms with Gasteiger partial charge in [-0.3, -0.25) is 4.79 Å². The highest BCUT2D eigenvalue weighted by atomic mass is 32.1. The fourth-order valence-electron chi connectivity index (χ4n) is 2.21. The highest BCUT2D eigenvalue weighted by molar-refractivity contribution is 7.11. The molecule has 0 unspecified atom stereocenters. The number of aliphatic hydroxyl groups is 3. The Labute approximate surface area is 111 Å². The van der Waals surface area contributed by atoms with Crippen molar-refractivity contribution in [3.63, 3.8) is 0 Å². The number of aromatic nitrogens is 2. The molecule has 0 radical (unpaired) electrons. The summed E-state index contributed by atoms with van der Waals surface area (Å²) in [6, 6.07) is 0. The largest absolute Gasteiger partial charge is 0.394 e. The van der Waals surface area contributed by atoms with Crippen molar-refractivity contribution >= 4 is 22.2 Å². The van der Waals surface area contributed by atoms with Crippen LogP contribution in [-0.4, -0.2) is 50.2 Å². The van der Waals surface area contributed by atoms with Crippen molar-refractivity contribution in [3.8, 4) is 0 Å². The number of aromatic amines is 1. The van der Waals surface area contributed by atoms with E-state index in [0.717, 1.165) is 0 Å². The number of thiophene rings is 1. The van der Waals surface area contributed by atoms with Gasteiger partial charge >= 0.3 is 0 Å². The van der Waals surface area contributed by atoms with Crippen LogP contribution in [0.5, 0.6) is 0 Å². The Bertz CT molecular complexity index is 654. The maximum absolute atomic E-state index is 11.6. The first-order valence-electron chi connectivity index (χ1n) is 5.70. The summed E-state index contributed by atoms with van der Waals surface area (Å²) in [6.07, 6.45) is -2.65. The van der Waals surface area contributed by atoms with Gasteiger partial charge in [0.05, 0.1) is 28.7 Å². The molecule has 3 rings (SSSR count). The molecule has 3 heterocycles. The molecular weight excluding hydrogens is 272 g/mol. The molecule has 4 atom stereocenters. The molecule has 0 spiro atoms. The predicted octanol–water partition coefficient (Wildman–Crippen LogP) is -0.861. The van der Waals surface area contributed by atoms with Crippen LogP contribution in [0.25, 0.3) is 10.9 Å². The van der Waals surface area contributed by atoms with Crippen molar-refractivity contribution in [1.82, 2.24) is 9.97 Å². The van der Waals surface area contributed by atoms with Gasteiger partial charge in [-0.05, 0) is 0 Å². The lowest BCUT2D eigenvalue weighted by atomic mass is 10.1. The number of H-pyrrole nitrogens is 1. The van der Waals surface area contributed by atoms with Crippen LogP contribution < -0.4 is 5.56 Å². The molecule has 8 heteroatoms. The van der Waals surface area contributed by atoms with Crippen LogP contribution >= 0.6 is 11.3 Å². The molecule has 0 amide bonds. The van der Waals surface area contributed by atoms with E-state index in [1.54, 1.807) is 5.38 Å². The first-order valence-corrected chi connectivity index (χ1v) is 6.58. The lowest BCUT2D eigenvalue weighted by Gasteiger charge is -2.12. The standard InChI is InChI=1S/C11H12N2O5S/c14-1-5-7(15)8(16)9(18-5)10-6-4(2-19-10)11(17)13-3-12-6/h2-3,5,7-9,14-16H,1H2,(H,12,13,17)/t5-,7-,8-,9-/m1/s1. The van der Waals surface area contributed by atoms with E-state index >= 15 is 0 Å². The topological polar surface area (TPSA) is 116 Å². The SMILES string of the molecule is O=c1[nH]cnc2c([C@@H]3O[C@H](CO)[C@@H](O)[C@H]3O)scc12. The second-order valence-electron chi connectivity index (χ2n) is 4.35. The van der Waals surface area contributed by atoms with E-state index in [9.17, 15) is 15.0 Å². The van der Waals surface area contributed by atoms with Gasteiger partial charge in [-0.25, -0.2) is 4.98 Å². The van der Waals surface area contributed by atoms with Crippen LogP contribution in [0.1, 0.15) is 11.0 Å². The number of rotatable bonds is 2. The molecule has 0 bridgehead atoms. The number of aliphatic hydroxyl groups excluding tert-OH is 3. The quantitative estimate of drug-likeness (QED) is 0.570. The summed E-state index contributed by atoms with van der Waals surface area (Å²) in [6.45, 7) is -0.383. The third-order valence-electron chi connectivity index (χ3n) is 3.23. The number of fused-ring (bicyclic) bond motifs is 1. The average Bonchev–Trinajstić information content (AvgIpc) is 2.94. The third-order valence-corrected chi connectivity index (χ3v) is 4.26. The summed E-state index contributed by atoms with van der Waals surface area (Å²) in [5.41, 5.74) is 0.183. The van der Waals surface area contributed by atoms with Crippen LogP contribution in [0.3, 0.4) is 0 Å². The summed E-state index contributed by atoms with van der Waals surface area (Å²) < 4.78 is 5.44. The Balaban J connectivity index is 2.06. The van der Waals surface area contributed by atoms with Gasteiger partial charge in [0.2, 0.25) is 0 Å². The number of hydrogen-bond acceptors (Lipinski definition) is 7. The maximum atomic E-state index is 11.6. The zero-order valence-corrected chi connectivity index (χ0v) is 10.5. The van der Waals surface area contributed by atoms with Gasteiger partial charge in [-0.15, -0.1) is 11.3 Å². The molecule has 19 heavy (non-hydrogen) atoms. The van der Waals surface area contributed by atoms with E-state index in [1.165, 1.54) is 17.7 Å². The van der Waals surface area contributed by atoms with Gasteiger partial charge in [-0.1, -0.05) is 0 Å². The number of nitrogens with zero attached hydrogens (tertiary/aromatic N) is 1. The van der Waals surface area contributed by atoms with E-state index in [-0.39, 0.29) is 12.2 Å². The van der Waals surface area contributed by atoms with Crippen LogP contribution in [0.4, 0.5) is 0 Å². The van der Waals surface area contributed by atoms with Crippen molar-refractivity contribution in [3.05, 3.63) is 26.9 Å². The van der Waals surface area contributed by atoms with Gasteiger partial charge in [0.25, 0.3) is 5.56 Å². The lowest BCUT2D eigenvalue weighted by molar-refractivity contribution is -0.0214. The molecule has 1 fully saturated rings. The molecule has 1 aliphatic rings. The minimum absolute atomic E-state index is 0.265. The van der Waals surface area contributed by atoms with E-state index in [4.69, 9.17) is 9.84 Å². The number of hydrogen-bond donors (Lipinski definition) is 4. The smallest absolute Gasteiger partial charge is 0.259 e. The third kappa shape index (κ3) is 1.88. The second kappa shape index (κ2) is 4.66. The monoisotopic (exact) mass is 284 g/mol. The maximum Gasteiger partial charge on any atom is 0.259 e. The second-order valence-corrected chi connectivity index (χ2v) is 5.26. The fourth-order valence-corrected chi connectivity index (χ4v) is 3.28. The summed E-state index contributed by atoms with van der Waals surface area (Å²) in [5, 5.41) is 30.8. The van der Waals surface area contributed by atoms with E-state index < -0.39 is 24.4 Å². The van der Waals surface area contributed by atoms with Gasteiger partial charge in [0, 0.05) is 5.38 Å². The number of ether oxygens (including phenoxy) is 1. The van der Waals surface area contributed by atoms with Gasteiger partial charge in [-0.2, -0.15) is 0 Å². The van der Waals surface area contributed by atoms with E-state index in [2.05, 4.69) is 9.97 Å². The molecule has 0 aliphatic carbocycles. The van der Waals surface area contributed by atoms with Crippen molar-refractivity contribution < 1.29 is 20.1 Å². The van der Waals surface area contributed by atoms with E-state index in [1.807, 2.05) is 0 Å². The number of nitrogens with one attached hydrogen (secondary N) is 1. The Morgan fingerprint density at radius 1 is 1.42 bits per heavy atom. The normalized spacial score (nSPS) is 31.1. The zero-order chi connectivity index (χ0) is 13.6. The minimum Gasteiger partial charge on any atom is -0.394 e. The fraction of sp³-hybridized carbons (Fsp3) is 0.455. The Morgan fingerprint density at radius 3 is 2.89 bits per heavy atom. The molecule has 0 aromatic carbocycles. The first kappa shape index (κ1) is 12.7. The van der Waals surface area contributed by atoms with Gasteiger partial charge < -0.3 is 25.0 Å². The summed E-state index contributed by atoms with van der Waals surface area (Å²) in [5.74, 6) is 0. The molecule has 0 saturated carbocycles. The Morgan fingerprint density at radius 2 is 2.21 bits per heavy atom. The van der Waals surface area contributed by atoms with Gasteiger partial charge in [0.1, 0.15) is 24.4 Å². The minimum atomic E-state index is -1.16. The Hall–Kier alpha value is -1.32. The highest BCUT2D eigenvalue weighted by Crippen LogP contribution is 2.38. The molecule has 1 aliphatic heterocycles. The lowest BCUT2D eigenvalue weighted by Crippen LogP contribution is -2.32. The van der Waals surface area contributed by atoms with E-state index in [0.29, 0.717) is 15.8 Å². The zero-order valence-electron chi connectivity index (χ0n) is 9.68. The van der Waals surface area contributed by atoms with Crippen molar-refractivity contribution in [2.24, 2.45) is 0 Å². The summed E-state index contributed by atoms with van der Waals surface area (Å²) >= 11 is 1.23. The summed E-state index contributed by atoms with van der Waals surface area (Å²) in [7, 11) is 0. The van der Waals surface area contributed by atoms with Crippen LogP contribution in [0, 0.1) is 0 Å². The molecule has 102 valence electrons. The molecule has 1 saturated heterocycles. The highest BCUT2D eigenvalue weighted by Gasteiger charge is 2.44. The average molecular weight is 284 g/mol. The Kier molecular flexibility index (Phi) is 3.11. The van der Waals surface area contributed by atoms with Crippen molar-refractivity contribution in [2.45, 2.75) is 24.4 Å². The van der Waals surface area contributed by atoms with Crippen LogP contribution in [-0.2, 0) is 4.74 Å². The van der Waals surface area contributed by atoms with Crippen LogP contribution in [0.2, 0.25) is 0 Å². The molecule has 2 aromatic rings. The van der Waals surface area contributed by atoms with Gasteiger partial charge in [0.15, 0.2) is 0 Å². The van der Waals surface area contributed by atoms with Crippen LogP contribution in [0.15, 0.2) is 16.5 Å². The molecular formula is C11H12N2O5S.